The number of aryl methyl sites for hydroxylation is 1. The molecule has 2 aromatic rings. The Kier molecular flexibility index (Phi) is 9.55. The number of carbonyl (C=O) groups is 2. The maximum Gasteiger partial charge on any atom is 0.303 e. The predicted molar refractivity (Wildman–Crippen MR) is 111 cm³/mol. The first-order valence-electron chi connectivity index (χ1n) is 9.99. The summed E-state index contributed by atoms with van der Waals surface area (Å²) in [6.45, 7) is 3.56. The molecule has 2 rings (SSSR count). The van der Waals surface area contributed by atoms with E-state index < -0.39 is 5.97 Å². The summed E-state index contributed by atoms with van der Waals surface area (Å²) in [6.07, 6.45) is 2.75. The standard InChI is InChI=1S/C23H29NO5/c1-2-3-18-4-8-20(9-5-18)28-16-17-29-21-10-6-19(7-11-21)14-15-24-22(25)12-13-23(26)27/h4-11H,2-3,12-17H2,1H3,(H,24,25)(H,26,27). The maximum absolute atomic E-state index is 11.5. The van der Waals surface area contributed by atoms with Crippen molar-refractivity contribution in [3.05, 3.63) is 59.7 Å². The molecule has 0 heterocycles. The lowest BCUT2D eigenvalue weighted by Crippen LogP contribution is -2.25. The molecule has 1 amide bonds. The first-order chi connectivity index (χ1) is 14.1. The minimum Gasteiger partial charge on any atom is -0.490 e. The van der Waals surface area contributed by atoms with Crippen LogP contribution in [-0.2, 0) is 22.4 Å². The highest BCUT2D eigenvalue weighted by atomic mass is 16.5. The summed E-state index contributed by atoms with van der Waals surface area (Å²) in [7, 11) is 0. The number of carboxylic acids is 1. The Morgan fingerprint density at radius 2 is 1.34 bits per heavy atom. The molecular formula is C23H29NO5. The molecule has 6 nitrogen and oxygen atoms in total. The zero-order valence-corrected chi connectivity index (χ0v) is 16.9. The summed E-state index contributed by atoms with van der Waals surface area (Å²) >= 11 is 0. The van der Waals surface area contributed by atoms with E-state index in [1.807, 2.05) is 36.4 Å². The molecule has 0 aliphatic carbocycles. The molecule has 0 radical (unpaired) electrons. The molecule has 0 spiro atoms. The number of hydrogen-bond donors (Lipinski definition) is 2. The van der Waals surface area contributed by atoms with Gasteiger partial charge in [-0.25, -0.2) is 0 Å². The summed E-state index contributed by atoms with van der Waals surface area (Å²) in [4.78, 5) is 21.9. The molecule has 6 heteroatoms. The highest BCUT2D eigenvalue weighted by Gasteiger charge is 2.04. The van der Waals surface area contributed by atoms with Crippen molar-refractivity contribution in [1.82, 2.24) is 5.32 Å². The fourth-order valence-corrected chi connectivity index (χ4v) is 2.77. The van der Waals surface area contributed by atoms with Gasteiger partial charge in [0.2, 0.25) is 5.91 Å². The summed E-state index contributed by atoms with van der Waals surface area (Å²) in [6, 6.07) is 15.8. The van der Waals surface area contributed by atoms with Gasteiger partial charge in [0, 0.05) is 13.0 Å². The third-order valence-corrected chi connectivity index (χ3v) is 4.31. The van der Waals surface area contributed by atoms with Gasteiger partial charge in [0.25, 0.3) is 0 Å². The van der Waals surface area contributed by atoms with E-state index in [1.165, 1.54) is 5.56 Å². The lowest BCUT2D eigenvalue weighted by molar-refractivity contribution is -0.138. The zero-order valence-electron chi connectivity index (χ0n) is 16.9. The van der Waals surface area contributed by atoms with Crippen molar-refractivity contribution in [2.75, 3.05) is 19.8 Å². The lowest BCUT2D eigenvalue weighted by atomic mass is 10.1. The highest BCUT2D eigenvalue weighted by Crippen LogP contribution is 2.15. The molecule has 0 aliphatic heterocycles. The summed E-state index contributed by atoms with van der Waals surface area (Å²) in [5, 5.41) is 11.3. The van der Waals surface area contributed by atoms with Crippen LogP contribution in [0.4, 0.5) is 0 Å². The van der Waals surface area contributed by atoms with Crippen molar-refractivity contribution in [1.29, 1.82) is 0 Å². The molecule has 2 aromatic carbocycles. The van der Waals surface area contributed by atoms with Gasteiger partial charge in [-0.3, -0.25) is 9.59 Å². The third kappa shape index (κ3) is 9.14. The molecule has 0 fully saturated rings. The average Bonchev–Trinajstić information content (AvgIpc) is 2.72. The van der Waals surface area contributed by atoms with Crippen LogP contribution in [0.3, 0.4) is 0 Å². The van der Waals surface area contributed by atoms with Gasteiger partial charge in [0.05, 0.1) is 6.42 Å². The van der Waals surface area contributed by atoms with Crippen LogP contribution in [0.2, 0.25) is 0 Å². The SMILES string of the molecule is CCCc1ccc(OCCOc2ccc(CCNC(=O)CCC(=O)O)cc2)cc1. The number of rotatable bonds is 13. The second kappa shape index (κ2) is 12.4. The fraction of sp³-hybridized carbons (Fsp3) is 0.391. The van der Waals surface area contributed by atoms with Crippen LogP contribution in [0.1, 0.15) is 37.3 Å². The fourth-order valence-electron chi connectivity index (χ4n) is 2.77. The molecule has 0 aliphatic rings. The average molecular weight is 399 g/mol. The van der Waals surface area contributed by atoms with E-state index in [2.05, 4.69) is 24.4 Å². The molecule has 0 bridgehead atoms. The lowest BCUT2D eigenvalue weighted by Gasteiger charge is -2.10. The van der Waals surface area contributed by atoms with E-state index in [0.717, 1.165) is 29.9 Å². The van der Waals surface area contributed by atoms with Crippen LogP contribution in [0.5, 0.6) is 11.5 Å². The van der Waals surface area contributed by atoms with Gasteiger partial charge in [-0.2, -0.15) is 0 Å². The molecule has 29 heavy (non-hydrogen) atoms. The Bertz CT molecular complexity index is 756. The first-order valence-corrected chi connectivity index (χ1v) is 9.99. The highest BCUT2D eigenvalue weighted by molar-refractivity contribution is 5.80. The molecule has 0 saturated carbocycles. The number of nitrogens with one attached hydrogen (secondary N) is 1. The van der Waals surface area contributed by atoms with Gasteiger partial charge >= 0.3 is 5.97 Å². The smallest absolute Gasteiger partial charge is 0.303 e. The van der Waals surface area contributed by atoms with Crippen molar-refractivity contribution < 1.29 is 24.2 Å². The van der Waals surface area contributed by atoms with E-state index in [1.54, 1.807) is 0 Å². The molecule has 2 N–H and O–H groups in total. The molecule has 0 atom stereocenters. The minimum atomic E-state index is -0.967. The predicted octanol–water partition coefficient (Wildman–Crippen LogP) is 3.62. The maximum atomic E-state index is 11.5. The summed E-state index contributed by atoms with van der Waals surface area (Å²) in [5.41, 5.74) is 2.38. The quantitative estimate of drug-likeness (QED) is 0.503. The molecule has 0 unspecified atom stereocenters. The van der Waals surface area contributed by atoms with E-state index in [0.29, 0.717) is 26.2 Å². The number of hydrogen-bond acceptors (Lipinski definition) is 4. The van der Waals surface area contributed by atoms with E-state index in [4.69, 9.17) is 14.6 Å². The van der Waals surface area contributed by atoms with Crippen LogP contribution in [0.25, 0.3) is 0 Å². The minimum absolute atomic E-state index is 0.00701. The second-order valence-electron chi connectivity index (χ2n) is 6.73. The Labute approximate surface area is 171 Å². The molecule has 0 saturated heterocycles. The molecule has 156 valence electrons. The van der Waals surface area contributed by atoms with Crippen LogP contribution < -0.4 is 14.8 Å². The molecular weight excluding hydrogens is 370 g/mol. The van der Waals surface area contributed by atoms with Gasteiger partial charge in [0.1, 0.15) is 24.7 Å². The van der Waals surface area contributed by atoms with Crippen molar-refractivity contribution in [3.8, 4) is 11.5 Å². The Morgan fingerprint density at radius 3 is 1.83 bits per heavy atom. The number of carbonyl (C=O) groups excluding carboxylic acids is 1. The van der Waals surface area contributed by atoms with Crippen molar-refractivity contribution in [2.24, 2.45) is 0 Å². The first kappa shape index (κ1) is 22.3. The van der Waals surface area contributed by atoms with Crippen molar-refractivity contribution in [2.45, 2.75) is 39.0 Å². The van der Waals surface area contributed by atoms with Crippen LogP contribution in [0.15, 0.2) is 48.5 Å². The van der Waals surface area contributed by atoms with Gasteiger partial charge in [-0.1, -0.05) is 37.6 Å². The molecule has 0 aromatic heterocycles. The number of ether oxygens (including phenoxy) is 2. The van der Waals surface area contributed by atoms with Gasteiger partial charge in [0.15, 0.2) is 0 Å². The monoisotopic (exact) mass is 399 g/mol. The number of benzene rings is 2. The van der Waals surface area contributed by atoms with Crippen LogP contribution in [-0.4, -0.2) is 36.7 Å². The summed E-state index contributed by atoms with van der Waals surface area (Å²) < 4.78 is 11.4. The third-order valence-electron chi connectivity index (χ3n) is 4.31. The largest absolute Gasteiger partial charge is 0.490 e. The zero-order chi connectivity index (χ0) is 20.9. The van der Waals surface area contributed by atoms with Crippen molar-refractivity contribution in [3.63, 3.8) is 0 Å². The van der Waals surface area contributed by atoms with E-state index >= 15 is 0 Å². The van der Waals surface area contributed by atoms with Gasteiger partial charge in [-0.15, -0.1) is 0 Å². The Morgan fingerprint density at radius 1 is 0.828 bits per heavy atom. The number of carboxylic acid groups (broad SMARTS) is 1. The normalized spacial score (nSPS) is 10.4. The van der Waals surface area contributed by atoms with Crippen LogP contribution in [0, 0.1) is 0 Å². The Hall–Kier alpha value is -3.02. The van der Waals surface area contributed by atoms with Gasteiger partial charge in [-0.05, 0) is 48.2 Å². The van der Waals surface area contributed by atoms with E-state index in [9.17, 15) is 9.59 Å². The summed E-state index contributed by atoms with van der Waals surface area (Å²) in [5.74, 6) is 0.397. The van der Waals surface area contributed by atoms with E-state index in [-0.39, 0.29) is 18.7 Å². The topological polar surface area (TPSA) is 84.9 Å². The Balaban J connectivity index is 1.62. The van der Waals surface area contributed by atoms with Crippen LogP contribution >= 0.6 is 0 Å². The number of aliphatic carboxylic acids is 1. The second-order valence-corrected chi connectivity index (χ2v) is 6.73. The van der Waals surface area contributed by atoms with Crippen molar-refractivity contribution >= 4 is 11.9 Å². The number of amides is 1. The van der Waals surface area contributed by atoms with Gasteiger partial charge < -0.3 is 19.9 Å².